The van der Waals surface area contributed by atoms with E-state index in [-0.39, 0.29) is 6.10 Å². The molecule has 25 heavy (non-hydrogen) atoms. The van der Waals surface area contributed by atoms with E-state index in [9.17, 15) is 0 Å². The lowest BCUT2D eigenvalue weighted by Gasteiger charge is -2.24. The number of morpholine rings is 1. The van der Waals surface area contributed by atoms with Gasteiger partial charge < -0.3 is 15.4 Å². The van der Waals surface area contributed by atoms with Crippen LogP contribution in [0.25, 0.3) is 0 Å². The minimum atomic E-state index is 0.146. The summed E-state index contributed by atoms with van der Waals surface area (Å²) >= 11 is 0. The Morgan fingerprint density at radius 3 is 2.68 bits per heavy atom. The average Bonchev–Trinajstić information content (AvgIpc) is 3.11. The molecule has 0 bridgehead atoms. The highest BCUT2D eigenvalue weighted by molar-refractivity contribution is 5.56. The van der Waals surface area contributed by atoms with Gasteiger partial charge in [-0.25, -0.2) is 0 Å². The second-order valence-corrected chi connectivity index (χ2v) is 6.19. The number of hydrogen-bond donors (Lipinski definition) is 2. The Balaban J connectivity index is 1.39. The minimum Gasteiger partial charge on any atom is -0.371 e. The molecule has 1 aliphatic rings. The Bertz CT molecular complexity index is 792. The molecule has 4 rings (SSSR count). The van der Waals surface area contributed by atoms with Crippen molar-refractivity contribution in [1.29, 1.82) is 0 Å². The summed E-state index contributed by atoms with van der Waals surface area (Å²) in [7, 11) is 0. The predicted molar refractivity (Wildman–Crippen MR) is 99.1 cm³/mol. The molecule has 0 radical (unpaired) electrons. The smallest absolute Gasteiger partial charge is 0.152 e. The fourth-order valence-electron chi connectivity index (χ4n) is 3.00. The fourth-order valence-corrected chi connectivity index (χ4v) is 3.00. The molecule has 2 heterocycles. The van der Waals surface area contributed by atoms with Gasteiger partial charge in [-0.3, -0.25) is 4.68 Å². The summed E-state index contributed by atoms with van der Waals surface area (Å²) < 4.78 is 7.72. The van der Waals surface area contributed by atoms with Crippen LogP contribution in [0, 0.1) is 0 Å². The molecule has 1 fully saturated rings. The van der Waals surface area contributed by atoms with Crippen LogP contribution < -0.4 is 10.6 Å². The minimum absolute atomic E-state index is 0.146. The van der Waals surface area contributed by atoms with E-state index in [1.165, 1.54) is 11.1 Å². The van der Waals surface area contributed by atoms with Crippen LogP contribution in [0.15, 0.2) is 66.9 Å². The van der Waals surface area contributed by atoms with Crippen LogP contribution in [0.1, 0.15) is 17.2 Å². The third-order valence-electron chi connectivity index (χ3n) is 4.31. The van der Waals surface area contributed by atoms with Crippen LogP contribution in [-0.2, 0) is 11.3 Å². The Hall–Kier alpha value is -2.63. The van der Waals surface area contributed by atoms with Crippen molar-refractivity contribution in [1.82, 2.24) is 15.1 Å². The summed E-state index contributed by atoms with van der Waals surface area (Å²) in [5.41, 5.74) is 3.47. The van der Waals surface area contributed by atoms with Crippen LogP contribution in [-0.4, -0.2) is 29.5 Å². The number of hydrogen-bond acceptors (Lipinski definition) is 4. The van der Waals surface area contributed by atoms with Crippen LogP contribution in [0.5, 0.6) is 0 Å². The summed E-state index contributed by atoms with van der Waals surface area (Å²) in [6.45, 7) is 3.34. The maximum absolute atomic E-state index is 5.78. The van der Waals surface area contributed by atoms with Crippen LogP contribution in [0.4, 0.5) is 11.5 Å². The number of benzene rings is 2. The van der Waals surface area contributed by atoms with Crippen molar-refractivity contribution in [2.45, 2.75) is 12.6 Å². The van der Waals surface area contributed by atoms with Gasteiger partial charge in [0.05, 0.1) is 19.3 Å². The van der Waals surface area contributed by atoms with E-state index in [0.29, 0.717) is 0 Å². The molecule has 128 valence electrons. The highest BCUT2D eigenvalue weighted by Crippen LogP contribution is 2.22. The van der Waals surface area contributed by atoms with Crippen molar-refractivity contribution < 1.29 is 4.74 Å². The molecule has 1 aromatic heterocycles. The first kappa shape index (κ1) is 15.9. The van der Waals surface area contributed by atoms with E-state index in [1.54, 1.807) is 0 Å². The van der Waals surface area contributed by atoms with Gasteiger partial charge in [-0.1, -0.05) is 42.5 Å². The molecule has 0 amide bonds. The Morgan fingerprint density at radius 2 is 1.92 bits per heavy atom. The summed E-state index contributed by atoms with van der Waals surface area (Å²) in [6, 6.07) is 20.7. The third-order valence-corrected chi connectivity index (χ3v) is 4.31. The molecule has 0 spiro atoms. The first-order valence-corrected chi connectivity index (χ1v) is 8.63. The number of aromatic nitrogens is 2. The Morgan fingerprint density at radius 1 is 1.08 bits per heavy atom. The zero-order valence-electron chi connectivity index (χ0n) is 14.1. The van der Waals surface area contributed by atoms with E-state index in [4.69, 9.17) is 4.74 Å². The van der Waals surface area contributed by atoms with Crippen molar-refractivity contribution in [3.8, 4) is 0 Å². The summed E-state index contributed by atoms with van der Waals surface area (Å²) in [6.07, 6.45) is 2.14. The lowest BCUT2D eigenvalue weighted by atomic mass is 10.1. The van der Waals surface area contributed by atoms with Gasteiger partial charge in [0.15, 0.2) is 5.82 Å². The maximum Gasteiger partial charge on any atom is 0.152 e. The highest BCUT2D eigenvalue weighted by atomic mass is 16.5. The molecule has 0 aliphatic carbocycles. The standard InChI is InChI=1S/C20H22N4O/c1-2-4-16(5-3-1)15-24-12-10-20(23-24)22-18-8-6-17(7-9-18)19-14-21-11-13-25-19/h1-10,12,19,21H,11,13-15H2,(H,22,23)/t19-/m1/s1. The summed E-state index contributed by atoms with van der Waals surface area (Å²) in [4.78, 5) is 0. The molecule has 5 nitrogen and oxygen atoms in total. The van der Waals surface area contributed by atoms with Crippen molar-refractivity contribution in [3.05, 3.63) is 78.0 Å². The van der Waals surface area contributed by atoms with Crippen molar-refractivity contribution in [2.75, 3.05) is 25.0 Å². The van der Waals surface area contributed by atoms with Crippen LogP contribution >= 0.6 is 0 Å². The number of nitrogens with zero attached hydrogens (tertiary/aromatic N) is 2. The van der Waals surface area contributed by atoms with E-state index in [1.807, 2.05) is 35.1 Å². The van der Waals surface area contributed by atoms with E-state index < -0.39 is 0 Å². The predicted octanol–water partition coefficient (Wildman–Crippen LogP) is 3.34. The Kier molecular flexibility index (Phi) is 4.77. The fraction of sp³-hybridized carbons (Fsp3) is 0.250. The van der Waals surface area contributed by atoms with Crippen molar-refractivity contribution >= 4 is 11.5 Å². The van der Waals surface area contributed by atoms with Crippen LogP contribution in [0.3, 0.4) is 0 Å². The van der Waals surface area contributed by atoms with E-state index in [0.717, 1.165) is 37.7 Å². The first-order chi connectivity index (χ1) is 12.4. The van der Waals surface area contributed by atoms with E-state index in [2.05, 4.69) is 52.1 Å². The Labute approximate surface area is 147 Å². The first-order valence-electron chi connectivity index (χ1n) is 8.63. The molecule has 5 heteroatoms. The van der Waals surface area contributed by atoms with Crippen LogP contribution in [0.2, 0.25) is 0 Å². The molecular weight excluding hydrogens is 312 g/mol. The van der Waals surface area contributed by atoms with Gasteiger partial charge in [0.25, 0.3) is 0 Å². The maximum atomic E-state index is 5.78. The number of rotatable bonds is 5. The van der Waals surface area contributed by atoms with Gasteiger partial charge in [-0.15, -0.1) is 0 Å². The lowest BCUT2D eigenvalue weighted by Crippen LogP contribution is -2.33. The van der Waals surface area contributed by atoms with Gasteiger partial charge in [0, 0.05) is 31.0 Å². The molecule has 2 N–H and O–H groups in total. The van der Waals surface area contributed by atoms with Gasteiger partial charge in [0.2, 0.25) is 0 Å². The van der Waals surface area contributed by atoms with Crippen molar-refractivity contribution in [2.24, 2.45) is 0 Å². The largest absolute Gasteiger partial charge is 0.371 e. The number of nitrogens with one attached hydrogen (secondary N) is 2. The topological polar surface area (TPSA) is 51.1 Å². The summed E-state index contributed by atoms with van der Waals surface area (Å²) in [5, 5.41) is 11.3. The molecule has 2 aromatic carbocycles. The SMILES string of the molecule is c1ccc(Cn2ccc(Nc3ccc([C@H]4CNCCO4)cc3)n2)cc1. The van der Waals surface area contributed by atoms with Crippen molar-refractivity contribution in [3.63, 3.8) is 0 Å². The van der Waals surface area contributed by atoms with E-state index >= 15 is 0 Å². The molecule has 0 saturated carbocycles. The summed E-state index contributed by atoms with van der Waals surface area (Å²) in [5.74, 6) is 0.847. The molecule has 1 saturated heterocycles. The van der Waals surface area contributed by atoms with Gasteiger partial charge >= 0.3 is 0 Å². The zero-order valence-corrected chi connectivity index (χ0v) is 14.1. The van der Waals surface area contributed by atoms with Gasteiger partial charge in [0.1, 0.15) is 0 Å². The number of anilines is 2. The second-order valence-electron chi connectivity index (χ2n) is 6.19. The number of ether oxygens (including phenoxy) is 1. The highest BCUT2D eigenvalue weighted by Gasteiger charge is 2.15. The van der Waals surface area contributed by atoms with Gasteiger partial charge in [-0.2, -0.15) is 5.10 Å². The average molecular weight is 334 g/mol. The monoisotopic (exact) mass is 334 g/mol. The quantitative estimate of drug-likeness (QED) is 0.751. The molecule has 3 aromatic rings. The van der Waals surface area contributed by atoms with Gasteiger partial charge in [-0.05, 0) is 23.3 Å². The normalized spacial score (nSPS) is 17.4. The second kappa shape index (κ2) is 7.51. The zero-order chi connectivity index (χ0) is 16.9. The third kappa shape index (κ3) is 4.07. The lowest BCUT2D eigenvalue weighted by molar-refractivity contribution is 0.0277. The molecule has 1 atom stereocenters. The molecule has 1 aliphatic heterocycles. The molecular formula is C20H22N4O. The molecule has 0 unspecified atom stereocenters.